The summed E-state index contributed by atoms with van der Waals surface area (Å²) >= 11 is 0. The number of carboxylic acids is 1. The second-order valence-corrected chi connectivity index (χ2v) is 7.09. The van der Waals surface area contributed by atoms with Gasteiger partial charge in [-0.1, -0.05) is 36.4 Å². The molecule has 0 bridgehead atoms. The van der Waals surface area contributed by atoms with E-state index in [0.717, 1.165) is 19.1 Å². The van der Waals surface area contributed by atoms with Crippen molar-refractivity contribution in [1.82, 2.24) is 0 Å². The Bertz CT molecular complexity index is 1260. The summed E-state index contributed by atoms with van der Waals surface area (Å²) in [6.07, 6.45) is 0. The molecule has 0 radical (unpaired) electrons. The monoisotopic (exact) mass is 462 g/mol. The summed E-state index contributed by atoms with van der Waals surface area (Å²) in [7, 11) is 3.77. The quantitative estimate of drug-likeness (QED) is 0.545. The minimum absolute atomic E-state index is 0.0259. The molecule has 1 heterocycles. The number of benzene rings is 2. The molecule has 0 fully saturated rings. The van der Waals surface area contributed by atoms with Crippen LogP contribution < -0.4 is 16.0 Å². The molecule has 2 aromatic rings. The van der Waals surface area contributed by atoms with Crippen LogP contribution in [-0.4, -0.2) is 44.3 Å². The molecular formula is C24H22N4O6. The van der Waals surface area contributed by atoms with E-state index in [0.29, 0.717) is 5.56 Å². The number of nitriles is 1. The van der Waals surface area contributed by atoms with Crippen molar-refractivity contribution in [2.45, 2.75) is 5.92 Å². The Morgan fingerprint density at radius 3 is 2.24 bits per heavy atom. The number of carbonyl (C=O) groups is 3. The van der Waals surface area contributed by atoms with Gasteiger partial charge in [0.2, 0.25) is 0 Å². The number of methoxy groups -OCH3 is 2. The van der Waals surface area contributed by atoms with Crippen LogP contribution in [0.5, 0.6) is 0 Å². The molecule has 0 amide bonds. The van der Waals surface area contributed by atoms with Crippen LogP contribution in [0.4, 0.5) is 11.4 Å². The summed E-state index contributed by atoms with van der Waals surface area (Å²) in [5.74, 6) is -4.22. The third kappa shape index (κ3) is 3.91. The van der Waals surface area contributed by atoms with Crippen molar-refractivity contribution in [3.8, 4) is 6.07 Å². The predicted molar refractivity (Wildman–Crippen MR) is 122 cm³/mol. The number of nitrogens with zero attached hydrogens (tertiary/aromatic N) is 2. The van der Waals surface area contributed by atoms with Crippen molar-refractivity contribution in [2.75, 3.05) is 31.5 Å². The van der Waals surface area contributed by atoms with Crippen LogP contribution in [0.1, 0.15) is 21.8 Å². The van der Waals surface area contributed by atoms with Crippen molar-refractivity contribution in [3.05, 3.63) is 82.3 Å². The van der Waals surface area contributed by atoms with Gasteiger partial charge in [-0.25, -0.2) is 14.4 Å². The molecular weight excluding hydrogens is 440 g/mol. The normalized spacial score (nSPS) is 15.5. The highest BCUT2D eigenvalue weighted by Gasteiger charge is 2.43. The SMILES string of the molecule is CNc1c(C(=O)O)cccc1N1C(N)=C(C#N)C(c2ccccc2)C(C(=O)OC)=C1C(=O)OC. The lowest BCUT2D eigenvalue weighted by atomic mass is 9.81. The highest BCUT2D eigenvalue weighted by molar-refractivity contribution is 6.08. The maximum Gasteiger partial charge on any atom is 0.355 e. The van der Waals surface area contributed by atoms with E-state index < -0.39 is 23.8 Å². The third-order valence-corrected chi connectivity index (χ3v) is 5.37. The lowest BCUT2D eigenvalue weighted by molar-refractivity contribution is -0.139. The van der Waals surface area contributed by atoms with Gasteiger partial charge in [-0.15, -0.1) is 0 Å². The van der Waals surface area contributed by atoms with Crippen molar-refractivity contribution in [2.24, 2.45) is 5.73 Å². The van der Waals surface area contributed by atoms with Gasteiger partial charge >= 0.3 is 17.9 Å². The van der Waals surface area contributed by atoms with Gasteiger partial charge in [0.25, 0.3) is 0 Å². The van der Waals surface area contributed by atoms with Crippen LogP contribution in [0.3, 0.4) is 0 Å². The van der Waals surface area contributed by atoms with E-state index in [4.69, 9.17) is 15.2 Å². The Hall–Kier alpha value is -4.78. The second kappa shape index (κ2) is 9.79. The fourth-order valence-corrected chi connectivity index (χ4v) is 3.93. The van der Waals surface area contributed by atoms with Gasteiger partial charge in [-0.05, 0) is 17.7 Å². The van der Waals surface area contributed by atoms with E-state index >= 15 is 0 Å². The third-order valence-electron chi connectivity index (χ3n) is 5.37. The number of hydrogen-bond donors (Lipinski definition) is 3. The highest BCUT2D eigenvalue weighted by atomic mass is 16.5. The Balaban J connectivity index is 2.48. The largest absolute Gasteiger partial charge is 0.478 e. The second-order valence-electron chi connectivity index (χ2n) is 7.09. The molecule has 34 heavy (non-hydrogen) atoms. The number of aromatic carboxylic acids is 1. The first-order valence-electron chi connectivity index (χ1n) is 10.0. The first-order chi connectivity index (χ1) is 16.3. The smallest absolute Gasteiger partial charge is 0.355 e. The zero-order chi connectivity index (χ0) is 25.0. The van der Waals surface area contributed by atoms with E-state index in [1.165, 1.54) is 25.2 Å². The van der Waals surface area contributed by atoms with Gasteiger partial charge in [-0.3, -0.25) is 4.90 Å². The van der Waals surface area contributed by atoms with Crippen LogP contribution in [0.15, 0.2) is 71.2 Å². The summed E-state index contributed by atoms with van der Waals surface area (Å²) in [5, 5.41) is 22.5. The molecule has 2 aromatic carbocycles. The number of anilines is 2. The number of carbonyl (C=O) groups excluding carboxylic acids is 2. The van der Waals surface area contributed by atoms with Crippen molar-refractivity contribution in [1.29, 1.82) is 5.26 Å². The van der Waals surface area contributed by atoms with Crippen molar-refractivity contribution < 1.29 is 29.0 Å². The van der Waals surface area contributed by atoms with Crippen LogP contribution >= 0.6 is 0 Å². The molecule has 0 spiro atoms. The maximum absolute atomic E-state index is 13.1. The number of esters is 2. The summed E-state index contributed by atoms with van der Waals surface area (Å²) in [4.78, 5) is 39.1. The number of allylic oxidation sites excluding steroid dienone is 1. The number of para-hydroxylation sites is 1. The van der Waals surface area contributed by atoms with Crippen LogP contribution in [0.2, 0.25) is 0 Å². The molecule has 1 aliphatic heterocycles. The van der Waals surface area contributed by atoms with E-state index in [1.54, 1.807) is 30.3 Å². The van der Waals surface area contributed by atoms with Crippen LogP contribution in [0.25, 0.3) is 0 Å². The summed E-state index contributed by atoms with van der Waals surface area (Å²) in [5.41, 5.74) is 6.60. The lowest BCUT2D eigenvalue weighted by Gasteiger charge is -2.36. The molecule has 174 valence electrons. The molecule has 0 saturated heterocycles. The number of hydrogen-bond acceptors (Lipinski definition) is 9. The number of rotatable bonds is 6. The standard InChI is InChI=1S/C24H22N4O6/c1-27-19-14(22(29)30)10-7-11-16(19)28-20(24(32)34-3)18(23(31)33-2)17(15(12-25)21(28)26)13-8-5-4-6-9-13/h4-11,17,27H,26H2,1-3H3,(H,29,30). The summed E-state index contributed by atoms with van der Waals surface area (Å²) < 4.78 is 9.96. The zero-order valence-electron chi connectivity index (χ0n) is 18.7. The van der Waals surface area contributed by atoms with E-state index in [1.807, 2.05) is 6.07 Å². The Morgan fingerprint density at radius 1 is 1.06 bits per heavy atom. The molecule has 3 rings (SSSR count). The fraction of sp³-hybridized carbons (Fsp3) is 0.167. The molecule has 10 nitrogen and oxygen atoms in total. The van der Waals surface area contributed by atoms with Crippen molar-refractivity contribution >= 4 is 29.3 Å². The van der Waals surface area contributed by atoms with Gasteiger partial charge in [0.15, 0.2) is 0 Å². The average Bonchev–Trinajstić information content (AvgIpc) is 2.86. The number of nitrogens with two attached hydrogens (primary N) is 1. The molecule has 0 saturated carbocycles. The molecule has 4 N–H and O–H groups in total. The van der Waals surface area contributed by atoms with Gasteiger partial charge < -0.3 is 25.6 Å². The predicted octanol–water partition coefficient (Wildman–Crippen LogP) is 2.32. The maximum atomic E-state index is 13.1. The average molecular weight is 462 g/mol. The Kier molecular flexibility index (Phi) is 6.87. The molecule has 10 heteroatoms. The van der Waals surface area contributed by atoms with Crippen molar-refractivity contribution in [3.63, 3.8) is 0 Å². The molecule has 1 atom stereocenters. The molecule has 0 aromatic heterocycles. The minimum atomic E-state index is -1.23. The number of carboxylic acid groups (broad SMARTS) is 1. The lowest BCUT2D eigenvalue weighted by Crippen LogP contribution is -2.41. The first kappa shape index (κ1) is 23.9. The Labute approximate surface area is 195 Å². The van der Waals surface area contributed by atoms with Crippen LogP contribution in [-0.2, 0) is 19.1 Å². The molecule has 0 aliphatic carbocycles. The highest BCUT2D eigenvalue weighted by Crippen LogP contribution is 2.45. The van der Waals surface area contributed by atoms with Gasteiger partial charge in [0, 0.05) is 7.05 Å². The topological polar surface area (TPSA) is 155 Å². The molecule has 1 unspecified atom stereocenters. The van der Waals surface area contributed by atoms with Gasteiger partial charge in [0.1, 0.15) is 11.5 Å². The zero-order valence-corrected chi connectivity index (χ0v) is 18.7. The minimum Gasteiger partial charge on any atom is -0.478 e. The molecule has 1 aliphatic rings. The van der Waals surface area contributed by atoms with E-state index in [9.17, 15) is 24.8 Å². The number of nitrogens with one attached hydrogen (secondary N) is 1. The van der Waals surface area contributed by atoms with Gasteiger partial charge in [0.05, 0.1) is 54.3 Å². The summed E-state index contributed by atoms with van der Waals surface area (Å²) in [6, 6.07) is 14.9. The number of ether oxygens (including phenoxy) is 2. The Morgan fingerprint density at radius 2 is 1.71 bits per heavy atom. The first-order valence-corrected chi connectivity index (χ1v) is 10.0. The summed E-state index contributed by atoms with van der Waals surface area (Å²) in [6.45, 7) is 0. The van der Waals surface area contributed by atoms with E-state index in [2.05, 4.69) is 5.32 Å². The van der Waals surface area contributed by atoms with Crippen LogP contribution in [0, 0.1) is 11.3 Å². The fourth-order valence-electron chi connectivity index (χ4n) is 3.93. The van der Waals surface area contributed by atoms with E-state index in [-0.39, 0.29) is 39.6 Å². The van der Waals surface area contributed by atoms with Gasteiger partial charge in [-0.2, -0.15) is 5.26 Å².